The van der Waals surface area contributed by atoms with E-state index in [1.165, 1.54) is 29.8 Å². The summed E-state index contributed by atoms with van der Waals surface area (Å²) in [6.07, 6.45) is 1.69. The molecule has 0 bridgehead atoms. The number of nitrogens with zero attached hydrogens (tertiary/aromatic N) is 1. The molecule has 2 atom stereocenters. The van der Waals surface area contributed by atoms with E-state index in [2.05, 4.69) is 17.1 Å². The summed E-state index contributed by atoms with van der Waals surface area (Å²) in [6, 6.07) is 13.6. The van der Waals surface area contributed by atoms with Gasteiger partial charge in [-0.1, -0.05) is 30.3 Å². The van der Waals surface area contributed by atoms with E-state index in [-0.39, 0.29) is 30.1 Å². The highest BCUT2D eigenvalue weighted by Gasteiger charge is 2.17. The number of carboxylic acid groups (broad SMARTS) is 3. The molecule has 13 N–H and O–H groups in total. The summed E-state index contributed by atoms with van der Waals surface area (Å²) in [5.41, 5.74) is 27.5. The topological polar surface area (TPSA) is 281 Å². The molecule has 0 saturated carbocycles. The number of carbonyl (C=O) groups is 4. The zero-order valence-corrected chi connectivity index (χ0v) is 22.0. The number of aliphatic carboxylic acids is 2. The van der Waals surface area contributed by atoms with E-state index < -0.39 is 36.0 Å². The molecule has 0 aromatic heterocycles. The van der Waals surface area contributed by atoms with Crippen LogP contribution in [0.3, 0.4) is 0 Å². The third kappa shape index (κ3) is 17.8. The Morgan fingerprint density at radius 2 is 1.45 bits per heavy atom. The molecule has 2 aromatic rings. The van der Waals surface area contributed by atoms with Gasteiger partial charge in [0, 0.05) is 13.0 Å². The number of ether oxygens (including phenoxy) is 1. The van der Waals surface area contributed by atoms with Gasteiger partial charge in [0.25, 0.3) is 0 Å². The van der Waals surface area contributed by atoms with Crippen LogP contribution in [0, 0.1) is 0 Å². The molecule has 2 aromatic carbocycles. The highest BCUT2D eigenvalue weighted by atomic mass is 16.5. The van der Waals surface area contributed by atoms with Crippen molar-refractivity contribution in [3.63, 3.8) is 0 Å². The van der Waals surface area contributed by atoms with Gasteiger partial charge in [0.15, 0.2) is 5.96 Å². The van der Waals surface area contributed by atoms with Crippen LogP contribution in [0.1, 0.15) is 41.6 Å². The fourth-order valence-electron chi connectivity index (χ4n) is 2.71. The lowest BCUT2D eigenvalue weighted by molar-refractivity contribution is -0.139. The van der Waals surface area contributed by atoms with Crippen molar-refractivity contribution in [3.05, 3.63) is 65.7 Å². The second kappa shape index (κ2) is 20.4. The van der Waals surface area contributed by atoms with Gasteiger partial charge in [-0.3, -0.25) is 14.6 Å². The molecule has 220 valence electrons. The second-order valence-electron chi connectivity index (χ2n) is 8.21. The van der Waals surface area contributed by atoms with E-state index in [9.17, 15) is 19.2 Å². The minimum Gasteiger partial charge on any atom is -0.481 e. The average molecular weight is 563 g/mol. The van der Waals surface area contributed by atoms with Gasteiger partial charge < -0.3 is 48.7 Å². The van der Waals surface area contributed by atoms with Crippen molar-refractivity contribution < 1.29 is 39.2 Å². The van der Waals surface area contributed by atoms with E-state index in [0.29, 0.717) is 19.4 Å². The Hall–Kier alpha value is -4.53. The fraction of sp³-hybridized carbons (Fsp3) is 0.346. The monoisotopic (exact) mass is 562 g/mol. The van der Waals surface area contributed by atoms with Gasteiger partial charge in [0.05, 0.1) is 5.56 Å². The highest BCUT2D eigenvalue weighted by molar-refractivity contribution is 5.88. The minimum atomic E-state index is -1.09. The van der Waals surface area contributed by atoms with Crippen molar-refractivity contribution in [3.8, 4) is 5.75 Å². The van der Waals surface area contributed by atoms with Crippen molar-refractivity contribution >= 4 is 29.8 Å². The molecule has 0 spiro atoms. The Kier molecular flexibility index (Phi) is 18.1. The molecule has 40 heavy (non-hydrogen) atoms. The molecular formula is C26H38N6O8. The number of aromatic carboxylic acids is 1. The summed E-state index contributed by atoms with van der Waals surface area (Å²) < 4.78 is 4.89. The van der Waals surface area contributed by atoms with Crippen LogP contribution in [0.25, 0.3) is 0 Å². The first-order valence-electron chi connectivity index (χ1n) is 12.2. The lowest BCUT2D eigenvalue weighted by atomic mass is 10.2. The summed E-state index contributed by atoms with van der Waals surface area (Å²) in [5, 5.41) is 25.5. The number of benzene rings is 2. The predicted molar refractivity (Wildman–Crippen MR) is 149 cm³/mol. The maximum atomic E-state index is 11.5. The smallest absolute Gasteiger partial charge is 0.335 e. The van der Waals surface area contributed by atoms with Crippen LogP contribution in [-0.4, -0.2) is 70.3 Å². The molecule has 0 saturated heterocycles. The molecule has 14 nitrogen and oxygen atoms in total. The van der Waals surface area contributed by atoms with Gasteiger partial charge in [0.1, 0.15) is 17.8 Å². The second-order valence-corrected chi connectivity index (χ2v) is 8.21. The van der Waals surface area contributed by atoms with E-state index in [1.54, 1.807) is 0 Å². The van der Waals surface area contributed by atoms with Gasteiger partial charge in [-0.25, -0.2) is 9.59 Å². The first kappa shape index (κ1) is 35.5. The molecule has 0 aliphatic rings. The van der Waals surface area contributed by atoms with E-state index in [1.807, 2.05) is 18.2 Å². The third-order valence-corrected chi connectivity index (χ3v) is 4.85. The van der Waals surface area contributed by atoms with E-state index >= 15 is 0 Å². The van der Waals surface area contributed by atoms with Gasteiger partial charge in [0.2, 0.25) is 0 Å². The summed E-state index contributed by atoms with van der Waals surface area (Å²) in [4.78, 5) is 46.3. The molecule has 0 unspecified atom stereocenters. The predicted octanol–water partition coefficient (Wildman–Crippen LogP) is 0.122. The van der Waals surface area contributed by atoms with Crippen molar-refractivity contribution in [1.82, 2.24) is 0 Å². The van der Waals surface area contributed by atoms with Gasteiger partial charge in [-0.05, 0) is 62.1 Å². The molecule has 0 aliphatic heterocycles. The number of carboxylic acids is 3. The first-order valence-corrected chi connectivity index (χ1v) is 12.2. The fourth-order valence-corrected chi connectivity index (χ4v) is 2.71. The molecule has 14 heteroatoms. The van der Waals surface area contributed by atoms with E-state index in [4.69, 9.17) is 48.7 Å². The van der Waals surface area contributed by atoms with Gasteiger partial charge >= 0.3 is 23.9 Å². The molecule has 0 amide bonds. The van der Waals surface area contributed by atoms with Crippen molar-refractivity contribution in [2.75, 3.05) is 13.1 Å². The molecule has 0 aliphatic carbocycles. The maximum Gasteiger partial charge on any atom is 0.335 e. The van der Waals surface area contributed by atoms with Crippen LogP contribution in [0.5, 0.6) is 5.75 Å². The third-order valence-electron chi connectivity index (χ3n) is 4.85. The minimum absolute atomic E-state index is 0.0129. The zero-order chi connectivity index (χ0) is 30.5. The molecular weight excluding hydrogens is 524 g/mol. The van der Waals surface area contributed by atoms with Gasteiger partial charge in [-0.15, -0.1) is 0 Å². The largest absolute Gasteiger partial charge is 0.481 e. The van der Waals surface area contributed by atoms with Crippen LogP contribution in [0.4, 0.5) is 0 Å². The number of nitrogens with two attached hydrogens (primary N) is 5. The Morgan fingerprint density at radius 3 is 1.93 bits per heavy atom. The SMILES string of the molecule is NC(N)=NCCC[C@@H](N)C(=O)O.NCCc1ccccc1.N[C@H](CCC(=O)O)C(=O)Oc1ccc(C(=O)O)cc1. The van der Waals surface area contributed by atoms with Gasteiger partial charge in [-0.2, -0.15) is 0 Å². The van der Waals surface area contributed by atoms with Crippen LogP contribution < -0.4 is 33.4 Å². The van der Waals surface area contributed by atoms with Crippen molar-refractivity contribution in [1.29, 1.82) is 0 Å². The maximum absolute atomic E-state index is 11.5. The number of hydrogen-bond acceptors (Lipinski definition) is 9. The summed E-state index contributed by atoms with van der Waals surface area (Å²) in [5.74, 6) is -3.73. The number of esters is 1. The highest BCUT2D eigenvalue weighted by Crippen LogP contribution is 2.13. The number of guanidine groups is 1. The quantitative estimate of drug-likeness (QED) is 0.0530. The Bertz CT molecular complexity index is 1080. The molecule has 0 fully saturated rings. The standard InChI is InChI=1S/C12H13NO6.C8H11N.C6H14N4O2/c13-9(5-6-10(14)15)12(18)19-8-3-1-7(2-4-8)11(16)17;9-7-6-8-4-2-1-3-5-8;7-4(5(11)12)2-1-3-10-6(8)9/h1-4,9H,5-6,13H2,(H,14,15)(H,16,17);1-5H,6-7,9H2;4H,1-3,7H2,(H,11,12)(H4,8,9,10)/t9-;;4-/m1.1/s1. The number of rotatable bonds is 13. The Balaban J connectivity index is 0.000000619. The lowest BCUT2D eigenvalue weighted by Crippen LogP contribution is -2.34. The van der Waals surface area contributed by atoms with Crippen molar-refractivity contribution in [2.45, 2.75) is 44.2 Å². The number of aliphatic imine (C=N–C) groups is 1. The summed E-state index contributed by atoms with van der Waals surface area (Å²) in [7, 11) is 0. The van der Waals surface area contributed by atoms with E-state index in [0.717, 1.165) is 13.0 Å². The normalized spacial score (nSPS) is 11.3. The summed E-state index contributed by atoms with van der Waals surface area (Å²) >= 11 is 0. The van der Waals surface area contributed by atoms with Crippen LogP contribution in [0.15, 0.2) is 59.6 Å². The Labute approximate surface area is 231 Å². The van der Waals surface area contributed by atoms with Crippen LogP contribution in [0.2, 0.25) is 0 Å². The Morgan fingerprint density at radius 1 is 0.850 bits per heavy atom. The molecule has 0 heterocycles. The number of hydrogen-bond donors (Lipinski definition) is 8. The number of carbonyl (C=O) groups excluding carboxylic acids is 1. The zero-order valence-electron chi connectivity index (χ0n) is 22.0. The lowest BCUT2D eigenvalue weighted by Gasteiger charge is -2.10. The van der Waals surface area contributed by atoms with Crippen LogP contribution in [-0.2, 0) is 20.8 Å². The average Bonchev–Trinajstić information content (AvgIpc) is 2.91. The summed E-state index contributed by atoms with van der Waals surface area (Å²) in [6.45, 7) is 1.16. The molecule has 0 radical (unpaired) electrons. The van der Waals surface area contributed by atoms with Crippen LogP contribution >= 0.6 is 0 Å². The molecule has 2 rings (SSSR count). The first-order chi connectivity index (χ1) is 18.9. The van der Waals surface area contributed by atoms with Crippen molar-refractivity contribution in [2.24, 2.45) is 33.7 Å².